The maximum absolute atomic E-state index is 11.2. The van der Waals surface area contributed by atoms with Crippen LogP contribution in [-0.2, 0) is 10.0 Å². The third-order valence-corrected chi connectivity index (χ3v) is 4.76. The van der Waals surface area contributed by atoms with E-state index in [1.165, 1.54) is 4.31 Å². The van der Waals surface area contributed by atoms with Gasteiger partial charge < -0.3 is 0 Å². The molecule has 0 aliphatic heterocycles. The highest BCUT2D eigenvalue weighted by Gasteiger charge is 2.21. The van der Waals surface area contributed by atoms with Gasteiger partial charge in [-0.05, 0) is 13.2 Å². The lowest BCUT2D eigenvalue weighted by molar-refractivity contribution is 0.418. The summed E-state index contributed by atoms with van der Waals surface area (Å²) in [6, 6.07) is 0.00347. The van der Waals surface area contributed by atoms with Crippen molar-refractivity contribution in [1.29, 1.82) is 0 Å². The molecule has 0 aromatic heterocycles. The molecule has 0 aliphatic rings. The quantitative estimate of drug-likeness (QED) is 0.668. The minimum atomic E-state index is -3.23. The number of rotatable bonds is 5. The fourth-order valence-corrected chi connectivity index (χ4v) is 2.74. The molecule has 0 aromatic rings. The van der Waals surface area contributed by atoms with Crippen LogP contribution in [0.2, 0.25) is 0 Å². The normalized spacial score (nSPS) is 15.1. The molecule has 3 nitrogen and oxygen atoms in total. The van der Waals surface area contributed by atoms with Gasteiger partial charge in [0.1, 0.15) is 5.21 Å². The molecule has 0 spiro atoms. The minimum Gasteiger partial charge on any atom is -0.211 e. The van der Waals surface area contributed by atoms with E-state index in [0.29, 0.717) is 0 Å². The van der Waals surface area contributed by atoms with E-state index in [0.717, 1.165) is 5.75 Å². The second-order valence-corrected chi connectivity index (χ2v) is 6.06. The maximum atomic E-state index is 11.2. The Labute approximate surface area is 83.5 Å². The highest BCUT2D eigenvalue weighted by Crippen LogP contribution is 2.09. The summed E-state index contributed by atoms with van der Waals surface area (Å²) in [6.45, 7) is 1.86. The van der Waals surface area contributed by atoms with Gasteiger partial charge in [0.25, 0.3) is 0 Å². The molecule has 0 aromatic carbocycles. The third-order valence-electron chi connectivity index (χ3n) is 1.61. The van der Waals surface area contributed by atoms with E-state index in [4.69, 9.17) is 11.6 Å². The zero-order valence-electron chi connectivity index (χ0n) is 7.45. The number of hydrogen-bond donors (Lipinski definition) is 0. The first-order valence-electron chi connectivity index (χ1n) is 3.46. The summed E-state index contributed by atoms with van der Waals surface area (Å²) < 4.78 is 23.7. The zero-order valence-corrected chi connectivity index (χ0v) is 9.84. The second-order valence-electron chi connectivity index (χ2n) is 2.54. The van der Waals surface area contributed by atoms with Crippen molar-refractivity contribution in [2.24, 2.45) is 0 Å². The minimum absolute atomic E-state index is 0.00347. The van der Waals surface area contributed by atoms with Crippen LogP contribution in [-0.4, -0.2) is 43.0 Å². The van der Waals surface area contributed by atoms with E-state index in [9.17, 15) is 8.42 Å². The predicted octanol–water partition coefficient (Wildman–Crippen LogP) is 1.20. The molecule has 0 N–H and O–H groups in total. The molecular weight excluding hydrogens is 218 g/mol. The Morgan fingerprint density at radius 1 is 1.58 bits per heavy atom. The number of thioether (sulfide) groups is 1. The van der Waals surface area contributed by atoms with Gasteiger partial charge in [0.2, 0.25) is 10.0 Å². The Kier molecular flexibility index (Phi) is 5.56. The lowest BCUT2D eigenvalue weighted by atomic mass is 10.4. The monoisotopic (exact) mass is 231 g/mol. The third kappa shape index (κ3) is 3.51. The summed E-state index contributed by atoms with van der Waals surface area (Å²) in [5, 5.41) is -0.345. The number of nitrogens with zero attached hydrogens (tertiary/aromatic N) is 1. The first-order chi connectivity index (χ1) is 5.45. The van der Waals surface area contributed by atoms with E-state index >= 15 is 0 Å². The maximum Gasteiger partial charge on any atom is 0.228 e. The second kappa shape index (κ2) is 5.32. The van der Waals surface area contributed by atoms with Crippen molar-refractivity contribution in [3.63, 3.8) is 0 Å². The average molecular weight is 232 g/mol. The van der Waals surface area contributed by atoms with E-state index in [1.54, 1.807) is 18.8 Å². The predicted molar refractivity (Wildman–Crippen MR) is 55.2 cm³/mol. The molecule has 0 aliphatic carbocycles. The number of sulfonamides is 1. The molecule has 0 radical (unpaired) electrons. The number of hydrogen-bond acceptors (Lipinski definition) is 3. The van der Waals surface area contributed by atoms with Gasteiger partial charge in [0.05, 0.1) is 0 Å². The van der Waals surface area contributed by atoms with Crippen molar-refractivity contribution < 1.29 is 8.42 Å². The van der Waals surface area contributed by atoms with Crippen LogP contribution in [0.3, 0.4) is 0 Å². The molecule has 0 saturated heterocycles. The Morgan fingerprint density at radius 2 is 2.08 bits per heavy atom. The standard InChI is InChI=1S/C6H14ClNO2S2/c1-6(4-11-3)8(2)12(9,10)5-7/h6H,4-5H2,1-3H3. The highest BCUT2D eigenvalue weighted by atomic mass is 35.5. The Bertz CT molecular complexity index is 218. The van der Waals surface area contributed by atoms with E-state index in [-0.39, 0.29) is 11.3 Å². The van der Waals surface area contributed by atoms with Crippen LogP contribution in [0, 0.1) is 0 Å². The SMILES string of the molecule is CSCC(C)N(C)S(=O)(=O)CCl. The van der Waals surface area contributed by atoms with Crippen molar-refractivity contribution in [1.82, 2.24) is 4.31 Å². The molecule has 0 heterocycles. The fraction of sp³-hybridized carbons (Fsp3) is 1.00. The van der Waals surface area contributed by atoms with Crippen LogP contribution >= 0.6 is 23.4 Å². The molecule has 12 heavy (non-hydrogen) atoms. The number of halogens is 1. The first kappa shape index (κ1) is 12.6. The molecule has 0 rings (SSSR count). The Hall–Kier alpha value is 0.550. The van der Waals surface area contributed by atoms with Crippen LogP contribution in [0.25, 0.3) is 0 Å². The molecular formula is C6H14ClNO2S2. The van der Waals surface area contributed by atoms with Crippen molar-refractivity contribution >= 4 is 33.4 Å². The van der Waals surface area contributed by atoms with Gasteiger partial charge in [0.15, 0.2) is 0 Å². The average Bonchev–Trinajstić information content (AvgIpc) is 2.03. The fourth-order valence-electron chi connectivity index (χ4n) is 0.697. The summed E-state index contributed by atoms with van der Waals surface area (Å²) in [7, 11) is -1.68. The smallest absolute Gasteiger partial charge is 0.211 e. The van der Waals surface area contributed by atoms with Crippen LogP contribution in [0.4, 0.5) is 0 Å². The molecule has 0 fully saturated rings. The first-order valence-corrected chi connectivity index (χ1v) is 7.00. The molecule has 1 atom stereocenters. The van der Waals surface area contributed by atoms with Gasteiger partial charge in [-0.1, -0.05) is 0 Å². The van der Waals surface area contributed by atoms with Gasteiger partial charge in [-0.2, -0.15) is 11.8 Å². The molecule has 74 valence electrons. The largest absolute Gasteiger partial charge is 0.228 e. The van der Waals surface area contributed by atoms with Crippen molar-refractivity contribution in [2.75, 3.05) is 24.3 Å². The lowest BCUT2D eigenvalue weighted by Crippen LogP contribution is -2.37. The summed E-state index contributed by atoms with van der Waals surface area (Å²) in [6.07, 6.45) is 1.94. The molecule has 1 unspecified atom stereocenters. The Morgan fingerprint density at radius 3 is 2.42 bits per heavy atom. The zero-order chi connectivity index (χ0) is 9.78. The molecule has 0 saturated carbocycles. The van der Waals surface area contributed by atoms with E-state index in [1.807, 2.05) is 13.2 Å². The van der Waals surface area contributed by atoms with Crippen molar-refractivity contribution in [2.45, 2.75) is 13.0 Å². The van der Waals surface area contributed by atoms with Gasteiger partial charge >= 0.3 is 0 Å². The van der Waals surface area contributed by atoms with Crippen molar-refractivity contribution in [3.8, 4) is 0 Å². The van der Waals surface area contributed by atoms with Crippen LogP contribution in [0.15, 0.2) is 0 Å². The van der Waals surface area contributed by atoms with Gasteiger partial charge in [0, 0.05) is 18.8 Å². The molecule has 6 heteroatoms. The molecule has 0 amide bonds. The van der Waals surface area contributed by atoms with E-state index < -0.39 is 10.0 Å². The highest BCUT2D eigenvalue weighted by molar-refractivity contribution is 7.98. The molecule has 0 bridgehead atoms. The van der Waals surface area contributed by atoms with Gasteiger partial charge in [-0.15, -0.1) is 11.6 Å². The lowest BCUT2D eigenvalue weighted by Gasteiger charge is -2.22. The summed E-state index contributed by atoms with van der Waals surface area (Å²) in [4.78, 5) is 0. The Balaban J connectivity index is 4.28. The van der Waals surface area contributed by atoms with Gasteiger partial charge in [-0.3, -0.25) is 0 Å². The van der Waals surface area contributed by atoms with Crippen LogP contribution in [0.5, 0.6) is 0 Å². The van der Waals surface area contributed by atoms with Crippen LogP contribution < -0.4 is 0 Å². The summed E-state index contributed by atoms with van der Waals surface area (Å²) >= 11 is 6.91. The topological polar surface area (TPSA) is 37.4 Å². The summed E-state index contributed by atoms with van der Waals surface area (Å²) in [5.74, 6) is 0.784. The van der Waals surface area contributed by atoms with E-state index in [2.05, 4.69) is 0 Å². The summed E-state index contributed by atoms with van der Waals surface area (Å²) in [5.41, 5.74) is 0. The van der Waals surface area contributed by atoms with Crippen LogP contribution in [0.1, 0.15) is 6.92 Å². The number of alkyl halides is 1. The van der Waals surface area contributed by atoms with Gasteiger partial charge in [-0.25, -0.2) is 12.7 Å². The van der Waals surface area contributed by atoms with Crippen molar-refractivity contribution in [3.05, 3.63) is 0 Å².